The van der Waals surface area contributed by atoms with Gasteiger partial charge in [-0.3, -0.25) is 9.69 Å². The van der Waals surface area contributed by atoms with Crippen LogP contribution < -0.4 is 14.8 Å². The summed E-state index contributed by atoms with van der Waals surface area (Å²) in [5, 5.41) is 2.78. The predicted molar refractivity (Wildman–Crippen MR) is 114 cm³/mol. The molecule has 1 amide bonds. The highest BCUT2D eigenvalue weighted by atomic mass is 19.1. The van der Waals surface area contributed by atoms with Gasteiger partial charge in [-0.25, -0.2) is 9.37 Å². The van der Waals surface area contributed by atoms with Crippen LogP contribution in [-0.2, 0) is 19.6 Å². The zero-order chi connectivity index (χ0) is 21.6. The first-order valence-electron chi connectivity index (χ1n) is 10.1. The fraction of sp³-hybridized carbons (Fsp3) is 0.250. The van der Waals surface area contributed by atoms with Crippen molar-refractivity contribution in [1.29, 1.82) is 0 Å². The van der Waals surface area contributed by atoms with Gasteiger partial charge in [-0.05, 0) is 30.3 Å². The summed E-state index contributed by atoms with van der Waals surface area (Å²) in [6.45, 7) is 2.69. The van der Waals surface area contributed by atoms with E-state index >= 15 is 0 Å². The summed E-state index contributed by atoms with van der Waals surface area (Å²) in [4.78, 5) is 19.3. The summed E-state index contributed by atoms with van der Waals surface area (Å²) in [6.07, 6.45) is 0. The number of rotatable bonds is 6. The summed E-state index contributed by atoms with van der Waals surface area (Å²) in [5.74, 6) is 0.765. The summed E-state index contributed by atoms with van der Waals surface area (Å²) < 4.78 is 24.9. The molecule has 31 heavy (non-hydrogen) atoms. The Morgan fingerprint density at radius 1 is 1.19 bits per heavy atom. The largest absolute Gasteiger partial charge is 0.492 e. The van der Waals surface area contributed by atoms with Crippen LogP contribution in [0.4, 0.5) is 4.39 Å². The van der Waals surface area contributed by atoms with Crippen LogP contribution in [0.3, 0.4) is 0 Å². The minimum atomic E-state index is -0.333. The van der Waals surface area contributed by atoms with E-state index in [0.717, 1.165) is 23.6 Å². The molecule has 0 radical (unpaired) electrons. The number of carbonyl (C=O) groups excluding carboxylic acids is 1. The van der Waals surface area contributed by atoms with E-state index in [4.69, 9.17) is 9.47 Å². The molecule has 1 aliphatic rings. The van der Waals surface area contributed by atoms with Crippen LogP contribution >= 0.6 is 0 Å². The quantitative estimate of drug-likeness (QED) is 0.660. The SMILES string of the molecule is COc1cccc(CN2CCOc3ccc(C(=O)NCc4ccccc4F)cc3C2)n1. The lowest BCUT2D eigenvalue weighted by atomic mass is 10.1. The second-order valence-corrected chi connectivity index (χ2v) is 7.33. The first kappa shape index (κ1) is 20.8. The Labute approximate surface area is 180 Å². The molecule has 1 aromatic heterocycles. The number of benzene rings is 2. The molecule has 160 valence electrons. The van der Waals surface area contributed by atoms with Crippen LogP contribution in [0.25, 0.3) is 0 Å². The zero-order valence-corrected chi connectivity index (χ0v) is 17.3. The highest BCUT2D eigenvalue weighted by Crippen LogP contribution is 2.25. The molecule has 2 aromatic carbocycles. The van der Waals surface area contributed by atoms with Crippen LogP contribution in [0, 0.1) is 5.82 Å². The van der Waals surface area contributed by atoms with E-state index in [1.165, 1.54) is 6.07 Å². The molecule has 7 heteroatoms. The molecule has 4 rings (SSSR count). The van der Waals surface area contributed by atoms with Gasteiger partial charge in [-0.15, -0.1) is 0 Å². The van der Waals surface area contributed by atoms with Gasteiger partial charge in [-0.2, -0.15) is 0 Å². The lowest BCUT2D eigenvalue weighted by molar-refractivity contribution is 0.0950. The maximum absolute atomic E-state index is 13.8. The number of ether oxygens (including phenoxy) is 2. The predicted octanol–water partition coefficient (Wildman–Crippen LogP) is 3.55. The van der Waals surface area contributed by atoms with E-state index in [1.807, 2.05) is 30.3 Å². The molecular weight excluding hydrogens is 397 g/mol. The molecule has 0 fully saturated rings. The Morgan fingerprint density at radius 3 is 2.90 bits per heavy atom. The normalized spacial score (nSPS) is 13.6. The molecule has 0 bridgehead atoms. The summed E-state index contributed by atoms with van der Waals surface area (Å²) in [5.41, 5.74) is 2.80. The average Bonchev–Trinajstić information content (AvgIpc) is 2.99. The topological polar surface area (TPSA) is 63.7 Å². The number of hydrogen-bond donors (Lipinski definition) is 1. The first-order valence-corrected chi connectivity index (χ1v) is 10.1. The van der Waals surface area contributed by atoms with E-state index in [2.05, 4.69) is 15.2 Å². The van der Waals surface area contributed by atoms with Crippen molar-refractivity contribution in [1.82, 2.24) is 15.2 Å². The monoisotopic (exact) mass is 421 g/mol. The number of methoxy groups -OCH3 is 1. The van der Waals surface area contributed by atoms with Crippen molar-refractivity contribution >= 4 is 5.91 Å². The van der Waals surface area contributed by atoms with Crippen LogP contribution in [0.15, 0.2) is 60.7 Å². The molecule has 1 N–H and O–H groups in total. The Kier molecular flexibility index (Phi) is 6.43. The molecule has 6 nitrogen and oxygen atoms in total. The number of aromatic nitrogens is 1. The van der Waals surface area contributed by atoms with Crippen LogP contribution in [0.1, 0.15) is 27.2 Å². The Balaban J connectivity index is 1.45. The average molecular weight is 421 g/mol. The lowest BCUT2D eigenvalue weighted by Gasteiger charge is -2.19. The Hall–Kier alpha value is -3.45. The van der Waals surface area contributed by atoms with Crippen LogP contribution in [0.5, 0.6) is 11.6 Å². The van der Waals surface area contributed by atoms with Crippen molar-refractivity contribution in [3.8, 4) is 11.6 Å². The molecule has 0 spiro atoms. The first-order chi connectivity index (χ1) is 15.1. The third-order valence-corrected chi connectivity index (χ3v) is 5.15. The molecule has 0 unspecified atom stereocenters. The van der Waals surface area contributed by atoms with E-state index in [1.54, 1.807) is 31.4 Å². The number of hydrogen-bond acceptors (Lipinski definition) is 5. The lowest BCUT2D eigenvalue weighted by Crippen LogP contribution is -2.26. The van der Waals surface area contributed by atoms with Gasteiger partial charge in [-0.1, -0.05) is 24.3 Å². The molecule has 3 aromatic rings. The minimum absolute atomic E-state index is 0.132. The maximum Gasteiger partial charge on any atom is 0.251 e. The summed E-state index contributed by atoms with van der Waals surface area (Å²) >= 11 is 0. The standard InChI is InChI=1S/C24H24FN3O3/c1-30-23-8-4-6-20(27-23)16-28-11-12-31-22-10-9-17(13-19(22)15-28)24(29)26-14-18-5-2-3-7-21(18)25/h2-10,13H,11-12,14-16H2,1H3,(H,26,29). The summed E-state index contributed by atoms with van der Waals surface area (Å²) in [7, 11) is 1.60. The Bertz CT molecular complexity index is 1070. The van der Waals surface area contributed by atoms with Gasteiger partial charge in [0.1, 0.15) is 18.2 Å². The van der Waals surface area contributed by atoms with Gasteiger partial charge in [0.05, 0.1) is 12.8 Å². The number of nitrogens with one attached hydrogen (secondary N) is 1. The number of amides is 1. The van der Waals surface area contributed by atoms with Gasteiger partial charge >= 0.3 is 0 Å². The number of pyridine rings is 1. The number of carbonyl (C=O) groups is 1. The van der Waals surface area contributed by atoms with Gasteiger partial charge < -0.3 is 14.8 Å². The van der Waals surface area contributed by atoms with E-state index in [0.29, 0.717) is 36.7 Å². The highest BCUT2D eigenvalue weighted by molar-refractivity contribution is 5.94. The van der Waals surface area contributed by atoms with Crippen molar-refractivity contribution < 1.29 is 18.7 Å². The van der Waals surface area contributed by atoms with Crippen molar-refractivity contribution in [2.45, 2.75) is 19.6 Å². The second kappa shape index (κ2) is 9.57. The molecule has 2 heterocycles. The van der Waals surface area contributed by atoms with E-state index in [9.17, 15) is 9.18 Å². The van der Waals surface area contributed by atoms with Crippen LogP contribution in [-0.4, -0.2) is 36.1 Å². The highest BCUT2D eigenvalue weighted by Gasteiger charge is 2.18. The molecule has 1 aliphatic heterocycles. The maximum atomic E-state index is 13.8. The second-order valence-electron chi connectivity index (χ2n) is 7.33. The zero-order valence-electron chi connectivity index (χ0n) is 17.3. The van der Waals surface area contributed by atoms with Crippen molar-refractivity contribution in [2.75, 3.05) is 20.3 Å². The number of fused-ring (bicyclic) bond motifs is 1. The van der Waals surface area contributed by atoms with Crippen molar-refractivity contribution in [3.63, 3.8) is 0 Å². The molecular formula is C24H24FN3O3. The number of halogens is 1. The molecule has 0 saturated heterocycles. The number of nitrogens with zero attached hydrogens (tertiary/aromatic N) is 2. The fourth-order valence-corrected chi connectivity index (χ4v) is 3.53. The van der Waals surface area contributed by atoms with E-state index in [-0.39, 0.29) is 18.3 Å². The van der Waals surface area contributed by atoms with Gasteiger partial charge in [0.2, 0.25) is 5.88 Å². The smallest absolute Gasteiger partial charge is 0.251 e. The Morgan fingerprint density at radius 2 is 2.06 bits per heavy atom. The van der Waals surface area contributed by atoms with Crippen molar-refractivity contribution in [2.24, 2.45) is 0 Å². The van der Waals surface area contributed by atoms with Crippen LogP contribution in [0.2, 0.25) is 0 Å². The van der Waals surface area contributed by atoms with Gasteiger partial charge in [0.15, 0.2) is 0 Å². The minimum Gasteiger partial charge on any atom is -0.492 e. The third-order valence-electron chi connectivity index (χ3n) is 5.15. The van der Waals surface area contributed by atoms with Gasteiger partial charge in [0.25, 0.3) is 5.91 Å². The molecule has 0 aliphatic carbocycles. The van der Waals surface area contributed by atoms with Crippen molar-refractivity contribution in [3.05, 3.63) is 88.9 Å². The molecule has 0 saturated carbocycles. The fourth-order valence-electron chi connectivity index (χ4n) is 3.53. The van der Waals surface area contributed by atoms with Gasteiger partial charge in [0, 0.05) is 48.9 Å². The molecule has 0 atom stereocenters. The van der Waals surface area contributed by atoms with E-state index < -0.39 is 0 Å². The summed E-state index contributed by atoms with van der Waals surface area (Å²) in [6, 6.07) is 17.5. The third kappa shape index (κ3) is 5.19.